The number of nitrogen functional groups attached to an aromatic ring is 1. The molecule has 0 saturated carbocycles. The summed E-state index contributed by atoms with van der Waals surface area (Å²) < 4.78 is 39.2. The Balaban J connectivity index is 1.82. The molecule has 0 radical (unpaired) electrons. The molecule has 0 atom stereocenters. The molecule has 0 saturated heterocycles. The molecule has 1 heterocycles. The van der Waals surface area contributed by atoms with Crippen LogP contribution >= 0.6 is 11.3 Å². The number of rotatable bonds is 3. The molecule has 0 fully saturated rings. The minimum Gasteiger partial charge on any atom is -0.375 e. The van der Waals surface area contributed by atoms with Crippen LogP contribution in [0, 0.1) is 0 Å². The first-order valence-electron chi connectivity index (χ1n) is 6.73. The Bertz CT molecular complexity index is 809. The van der Waals surface area contributed by atoms with Gasteiger partial charge < -0.3 is 5.73 Å². The molecule has 2 aromatic carbocycles. The van der Waals surface area contributed by atoms with Gasteiger partial charge in [-0.15, -0.1) is 0 Å². The van der Waals surface area contributed by atoms with Gasteiger partial charge in [0.05, 0.1) is 15.8 Å². The van der Waals surface area contributed by atoms with Gasteiger partial charge in [-0.3, -0.25) is 0 Å². The Hall–Kier alpha value is -2.08. The summed E-state index contributed by atoms with van der Waals surface area (Å²) in [5, 5.41) is 0.501. The summed E-state index contributed by atoms with van der Waals surface area (Å²) in [6, 6.07) is 11.2. The number of aryl methyl sites for hydroxylation is 2. The van der Waals surface area contributed by atoms with Crippen molar-refractivity contribution in [3.8, 4) is 0 Å². The normalized spacial score (nSPS) is 12.0. The molecule has 0 spiro atoms. The number of fused-ring (bicyclic) bond motifs is 1. The molecule has 22 heavy (non-hydrogen) atoms. The number of hydrogen-bond donors (Lipinski definition) is 1. The van der Waals surface area contributed by atoms with Gasteiger partial charge in [-0.25, -0.2) is 4.98 Å². The van der Waals surface area contributed by atoms with Crippen LogP contribution in [0.2, 0.25) is 0 Å². The van der Waals surface area contributed by atoms with E-state index in [0.717, 1.165) is 21.8 Å². The first kappa shape index (κ1) is 14.8. The predicted molar refractivity (Wildman–Crippen MR) is 82.9 cm³/mol. The highest BCUT2D eigenvalue weighted by Gasteiger charge is 2.30. The van der Waals surface area contributed by atoms with Crippen LogP contribution in [0.15, 0.2) is 42.5 Å². The summed E-state index contributed by atoms with van der Waals surface area (Å²) in [6.07, 6.45) is -3.15. The van der Waals surface area contributed by atoms with Crippen LogP contribution in [0.3, 0.4) is 0 Å². The molecule has 2 N–H and O–H groups in total. The van der Waals surface area contributed by atoms with Crippen LogP contribution in [0.25, 0.3) is 10.2 Å². The third kappa shape index (κ3) is 3.06. The van der Waals surface area contributed by atoms with Crippen LogP contribution in [-0.2, 0) is 19.0 Å². The SMILES string of the molecule is Nc1nc2c(CCc3cccc(C(F)(F)F)c3)cccc2s1. The molecule has 1 aromatic heterocycles. The van der Waals surface area contributed by atoms with Gasteiger partial charge in [0, 0.05) is 0 Å². The molecule has 2 nitrogen and oxygen atoms in total. The van der Waals surface area contributed by atoms with Crippen molar-refractivity contribution in [3.63, 3.8) is 0 Å². The van der Waals surface area contributed by atoms with Gasteiger partial charge in [0.2, 0.25) is 0 Å². The Morgan fingerprint density at radius 3 is 2.59 bits per heavy atom. The zero-order valence-electron chi connectivity index (χ0n) is 11.5. The van der Waals surface area contributed by atoms with Crippen molar-refractivity contribution < 1.29 is 13.2 Å². The van der Waals surface area contributed by atoms with E-state index >= 15 is 0 Å². The summed E-state index contributed by atoms with van der Waals surface area (Å²) >= 11 is 1.41. The van der Waals surface area contributed by atoms with Crippen LogP contribution in [-0.4, -0.2) is 4.98 Å². The van der Waals surface area contributed by atoms with Crippen molar-refractivity contribution >= 4 is 26.7 Å². The lowest BCUT2D eigenvalue weighted by Gasteiger charge is -2.09. The van der Waals surface area contributed by atoms with E-state index in [4.69, 9.17) is 5.73 Å². The van der Waals surface area contributed by atoms with Crippen molar-refractivity contribution in [1.82, 2.24) is 4.98 Å². The maximum atomic E-state index is 12.7. The molecule has 0 bridgehead atoms. The summed E-state index contributed by atoms with van der Waals surface area (Å²) in [5.74, 6) is 0. The molecule has 114 valence electrons. The molecule has 6 heteroatoms. The summed E-state index contributed by atoms with van der Waals surface area (Å²) in [7, 11) is 0. The van der Waals surface area contributed by atoms with Gasteiger partial charge >= 0.3 is 6.18 Å². The van der Waals surface area contributed by atoms with Gasteiger partial charge in [0.25, 0.3) is 0 Å². The molecule has 0 amide bonds. The Morgan fingerprint density at radius 1 is 1.05 bits per heavy atom. The van der Waals surface area contributed by atoms with Crippen molar-refractivity contribution in [2.75, 3.05) is 5.73 Å². The number of alkyl halides is 3. The second kappa shape index (κ2) is 5.61. The molecule has 3 aromatic rings. The number of benzene rings is 2. The molecule has 3 rings (SSSR count). The van der Waals surface area contributed by atoms with Gasteiger partial charge in [-0.05, 0) is 36.1 Å². The number of nitrogens with two attached hydrogens (primary N) is 1. The first-order chi connectivity index (χ1) is 10.4. The van der Waals surface area contributed by atoms with E-state index in [0.29, 0.717) is 23.5 Å². The molecule has 0 aliphatic rings. The highest BCUT2D eigenvalue weighted by Crippen LogP contribution is 2.30. The number of anilines is 1. The standard InChI is InChI=1S/C16H13F3N2S/c17-16(18,19)12-5-1-3-10(9-12)7-8-11-4-2-6-13-14(11)21-15(20)22-13/h1-6,9H,7-8H2,(H2,20,21). The third-order valence-corrected chi connectivity index (χ3v) is 4.31. The molecule has 0 aliphatic carbocycles. The Kier molecular flexibility index (Phi) is 3.78. The van der Waals surface area contributed by atoms with Crippen LogP contribution in [0.5, 0.6) is 0 Å². The lowest BCUT2D eigenvalue weighted by atomic mass is 10.0. The fourth-order valence-corrected chi connectivity index (χ4v) is 3.19. The van der Waals surface area contributed by atoms with Crippen LogP contribution < -0.4 is 5.73 Å². The molecule has 0 unspecified atom stereocenters. The number of thiazole rings is 1. The minimum absolute atomic E-state index is 0.501. The van der Waals surface area contributed by atoms with Crippen molar-refractivity contribution in [2.45, 2.75) is 19.0 Å². The summed E-state index contributed by atoms with van der Waals surface area (Å²) in [5.41, 5.74) is 7.62. The number of para-hydroxylation sites is 1. The van der Waals surface area contributed by atoms with Gasteiger partial charge in [-0.1, -0.05) is 41.7 Å². The molecule has 0 aliphatic heterocycles. The third-order valence-electron chi connectivity index (χ3n) is 3.46. The van der Waals surface area contributed by atoms with E-state index in [2.05, 4.69) is 4.98 Å². The van der Waals surface area contributed by atoms with Gasteiger partial charge in [0.1, 0.15) is 0 Å². The van der Waals surface area contributed by atoms with E-state index in [-0.39, 0.29) is 0 Å². The maximum absolute atomic E-state index is 12.7. The van der Waals surface area contributed by atoms with Gasteiger partial charge in [0.15, 0.2) is 5.13 Å². The highest BCUT2D eigenvalue weighted by atomic mass is 32.1. The van der Waals surface area contributed by atoms with Crippen molar-refractivity contribution in [1.29, 1.82) is 0 Å². The number of aromatic nitrogens is 1. The van der Waals surface area contributed by atoms with E-state index in [1.807, 2.05) is 18.2 Å². The van der Waals surface area contributed by atoms with Crippen molar-refractivity contribution in [2.24, 2.45) is 0 Å². The van der Waals surface area contributed by atoms with Crippen LogP contribution in [0.4, 0.5) is 18.3 Å². The molecular weight excluding hydrogens is 309 g/mol. The monoisotopic (exact) mass is 322 g/mol. The fraction of sp³-hybridized carbons (Fsp3) is 0.188. The summed E-state index contributed by atoms with van der Waals surface area (Å²) in [4.78, 5) is 4.30. The fourth-order valence-electron chi connectivity index (χ4n) is 2.41. The van der Waals surface area contributed by atoms with E-state index in [1.54, 1.807) is 6.07 Å². The quantitative estimate of drug-likeness (QED) is 0.760. The first-order valence-corrected chi connectivity index (χ1v) is 7.55. The van der Waals surface area contributed by atoms with Crippen LogP contribution in [0.1, 0.15) is 16.7 Å². The maximum Gasteiger partial charge on any atom is 0.416 e. The summed E-state index contributed by atoms with van der Waals surface area (Å²) in [6.45, 7) is 0. The number of nitrogens with zero attached hydrogens (tertiary/aromatic N) is 1. The topological polar surface area (TPSA) is 38.9 Å². The smallest absolute Gasteiger partial charge is 0.375 e. The lowest BCUT2D eigenvalue weighted by molar-refractivity contribution is -0.137. The largest absolute Gasteiger partial charge is 0.416 e. The average molecular weight is 322 g/mol. The lowest BCUT2D eigenvalue weighted by Crippen LogP contribution is -2.05. The number of halogens is 3. The minimum atomic E-state index is -4.31. The van der Waals surface area contributed by atoms with E-state index in [1.165, 1.54) is 23.5 Å². The zero-order valence-corrected chi connectivity index (χ0v) is 12.3. The second-order valence-electron chi connectivity index (χ2n) is 5.01. The van der Waals surface area contributed by atoms with Gasteiger partial charge in [-0.2, -0.15) is 13.2 Å². The average Bonchev–Trinajstić information content (AvgIpc) is 2.85. The number of hydrogen-bond acceptors (Lipinski definition) is 3. The predicted octanol–water partition coefficient (Wildman–Crippen LogP) is 4.68. The van der Waals surface area contributed by atoms with Crippen molar-refractivity contribution in [3.05, 3.63) is 59.2 Å². The molecular formula is C16H13F3N2S. The Labute approximate surface area is 129 Å². The Morgan fingerprint density at radius 2 is 1.82 bits per heavy atom. The zero-order chi connectivity index (χ0) is 15.7. The van der Waals surface area contributed by atoms with E-state index in [9.17, 15) is 13.2 Å². The second-order valence-corrected chi connectivity index (χ2v) is 6.08. The van der Waals surface area contributed by atoms with E-state index < -0.39 is 11.7 Å². The highest BCUT2D eigenvalue weighted by molar-refractivity contribution is 7.22.